The minimum atomic E-state index is -0.491. The molecule has 0 radical (unpaired) electrons. The first-order chi connectivity index (χ1) is 12.6. The number of aromatic nitrogens is 1. The maximum atomic E-state index is 13.2. The number of nitrogens with zero attached hydrogens (tertiary/aromatic N) is 2. The fourth-order valence-electron chi connectivity index (χ4n) is 3.04. The Morgan fingerprint density at radius 1 is 0.962 bits per heavy atom. The molecular weight excluding hydrogens is 336 g/mol. The lowest BCUT2D eigenvalue weighted by atomic mass is 10.2. The monoisotopic (exact) mass is 351 g/mol. The number of halogens is 2. The van der Waals surface area contributed by atoms with Gasteiger partial charge >= 0.3 is 0 Å². The Bertz CT molecular complexity index is 942. The molecule has 0 spiro atoms. The summed E-state index contributed by atoms with van der Waals surface area (Å²) < 4.78 is 26.3. The van der Waals surface area contributed by atoms with E-state index in [1.54, 1.807) is 47.5 Å². The first-order valence-corrected chi connectivity index (χ1v) is 8.14. The smallest absolute Gasteiger partial charge is 0.258 e. The average Bonchev–Trinajstić information content (AvgIpc) is 2.91. The highest BCUT2D eigenvalue weighted by Crippen LogP contribution is 2.34. The molecule has 1 unspecified atom stereocenters. The number of hydrogen-bond acceptors (Lipinski definition) is 3. The fraction of sp³-hybridized carbons (Fsp3) is 0.100. The van der Waals surface area contributed by atoms with E-state index in [1.807, 2.05) is 0 Å². The van der Waals surface area contributed by atoms with Gasteiger partial charge in [0.25, 0.3) is 5.91 Å². The third kappa shape index (κ3) is 3.01. The number of rotatable bonds is 4. The summed E-state index contributed by atoms with van der Waals surface area (Å²) in [4.78, 5) is 18.8. The lowest BCUT2D eigenvalue weighted by molar-refractivity contribution is 0.0727. The van der Waals surface area contributed by atoms with Crippen molar-refractivity contribution in [3.63, 3.8) is 0 Å². The zero-order valence-corrected chi connectivity index (χ0v) is 13.7. The Morgan fingerprint density at radius 2 is 1.62 bits per heavy atom. The largest absolute Gasteiger partial charge is 0.360 e. The third-order valence-corrected chi connectivity index (χ3v) is 4.31. The molecule has 1 aliphatic rings. The number of carbonyl (C=O) groups excluding carboxylic acids is 1. The van der Waals surface area contributed by atoms with Crippen LogP contribution in [0.25, 0.3) is 0 Å². The number of carbonyl (C=O) groups is 1. The van der Waals surface area contributed by atoms with Crippen molar-refractivity contribution >= 4 is 11.6 Å². The normalized spacial score (nSPS) is 15.8. The molecule has 6 heteroatoms. The molecule has 1 N–H and O–H groups in total. The van der Waals surface area contributed by atoms with Gasteiger partial charge in [-0.15, -0.1) is 0 Å². The van der Waals surface area contributed by atoms with E-state index in [-0.39, 0.29) is 17.5 Å². The zero-order valence-electron chi connectivity index (χ0n) is 13.7. The molecule has 2 heterocycles. The quantitative estimate of drug-likeness (QED) is 0.769. The molecule has 3 aromatic rings. The molecule has 1 amide bonds. The number of pyridine rings is 1. The van der Waals surface area contributed by atoms with Gasteiger partial charge < -0.3 is 10.2 Å². The molecule has 4 rings (SSSR count). The van der Waals surface area contributed by atoms with E-state index >= 15 is 0 Å². The van der Waals surface area contributed by atoms with Crippen molar-refractivity contribution in [1.29, 1.82) is 0 Å². The summed E-state index contributed by atoms with van der Waals surface area (Å²) in [7, 11) is 0. The van der Waals surface area contributed by atoms with Gasteiger partial charge in [0, 0.05) is 18.4 Å². The van der Waals surface area contributed by atoms with Gasteiger partial charge in [-0.2, -0.15) is 0 Å². The second-order valence-corrected chi connectivity index (χ2v) is 6.05. The number of benzene rings is 2. The van der Waals surface area contributed by atoms with E-state index in [0.717, 1.165) is 5.56 Å². The lowest BCUT2D eigenvalue weighted by Gasteiger charge is -2.26. The van der Waals surface area contributed by atoms with Crippen molar-refractivity contribution in [2.24, 2.45) is 0 Å². The predicted molar refractivity (Wildman–Crippen MR) is 93.3 cm³/mol. The molecule has 0 aliphatic carbocycles. The third-order valence-electron chi connectivity index (χ3n) is 4.31. The van der Waals surface area contributed by atoms with Crippen LogP contribution in [0.1, 0.15) is 27.8 Å². The van der Waals surface area contributed by atoms with Crippen molar-refractivity contribution in [3.05, 3.63) is 95.3 Å². The van der Waals surface area contributed by atoms with Crippen LogP contribution < -0.4 is 5.32 Å². The molecular formula is C20H15F2N3O. The molecule has 26 heavy (non-hydrogen) atoms. The molecule has 0 saturated carbocycles. The first kappa shape index (κ1) is 16.2. The SMILES string of the molecule is O=C1c2cccnc2C(Nc2ccc(F)cc2)N1Cc1ccc(F)cc1. The van der Waals surface area contributed by atoms with Crippen LogP contribution in [0.5, 0.6) is 0 Å². The molecule has 4 nitrogen and oxygen atoms in total. The minimum absolute atomic E-state index is 0.156. The van der Waals surface area contributed by atoms with Crippen LogP contribution in [0, 0.1) is 11.6 Å². The lowest BCUT2D eigenvalue weighted by Crippen LogP contribution is -2.32. The van der Waals surface area contributed by atoms with Crippen LogP contribution in [0.3, 0.4) is 0 Å². The maximum absolute atomic E-state index is 13.2. The van der Waals surface area contributed by atoms with E-state index < -0.39 is 6.17 Å². The summed E-state index contributed by atoms with van der Waals surface area (Å²) in [6.45, 7) is 0.300. The zero-order chi connectivity index (χ0) is 18.1. The van der Waals surface area contributed by atoms with Crippen LogP contribution in [0.2, 0.25) is 0 Å². The summed E-state index contributed by atoms with van der Waals surface area (Å²) >= 11 is 0. The van der Waals surface area contributed by atoms with Crippen molar-refractivity contribution < 1.29 is 13.6 Å². The van der Waals surface area contributed by atoms with Crippen LogP contribution >= 0.6 is 0 Å². The van der Waals surface area contributed by atoms with E-state index in [0.29, 0.717) is 23.5 Å². The van der Waals surface area contributed by atoms with Gasteiger partial charge in [-0.3, -0.25) is 9.78 Å². The molecule has 1 aromatic heterocycles. The molecule has 0 fully saturated rings. The molecule has 1 aliphatic heterocycles. The number of amides is 1. The number of anilines is 1. The molecule has 1 atom stereocenters. The van der Waals surface area contributed by atoms with Gasteiger partial charge in [0.2, 0.25) is 0 Å². The highest BCUT2D eigenvalue weighted by molar-refractivity contribution is 5.98. The Hall–Kier alpha value is -3.28. The van der Waals surface area contributed by atoms with E-state index in [9.17, 15) is 13.6 Å². The Labute approximate surface area is 149 Å². The molecule has 0 bridgehead atoms. The van der Waals surface area contributed by atoms with E-state index in [4.69, 9.17) is 0 Å². The van der Waals surface area contributed by atoms with Crippen molar-refractivity contribution in [3.8, 4) is 0 Å². The van der Waals surface area contributed by atoms with Gasteiger partial charge in [-0.05, 0) is 54.1 Å². The maximum Gasteiger partial charge on any atom is 0.258 e. The minimum Gasteiger partial charge on any atom is -0.360 e. The molecule has 130 valence electrons. The highest BCUT2D eigenvalue weighted by atomic mass is 19.1. The Morgan fingerprint density at radius 3 is 2.31 bits per heavy atom. The van der Waals surface area contributed by atoms with Crippen molar-refractivity contribution in [1.82, 2.24) is 9.88 Å². The summed E-state index contributed by atoms with van der Waals surface area (Å²) in [5, 5.41) is 3.24. The van der Waals surface area contributed by atoms with Crippen LogP contribution in [0.15, 0.2) is 66.9 Å². The Kier molecular flexibility index (Phi) is 4.08. The van der Waals surface area contributed by atoms with E-state index in [1.165, 1.54) is 24.3 Å². The van der Waals surface area contributed by atoms with Crippen LogP contribution in [-0.2, 0) is 6.54 Å². The second kappa shape index (κ2) is 6.55. The van der Waals surface area contributed by atoms with Crippen molar-refractivity contribution in [2.75, 3.05) is 5.32 Å². The summed E-state index contributed by atoms with van der Waals surface area (Å²) in [5.41, 5.74) is 2.61. The van der Waals surface area contributed by atoms with Gasteiger partial charge in [-0.25, -0.2) is 8.78 Å². The summed E-state index contributed by atoms with van der Waals surface area (Å²) in [5.74, 6) is -0.816. The number of hydrogen-bond donors (Lipinski definition) is 1. The second-order valence-electron chi connectivity index (χ2n) is 6.05. The van der Waals surface area contributed by atoms with E-state index in [2.05, 4.69) is 10.3 Å². The molecule has 2 aromatic carbocycles. The van der Waals surface area contributed by atoms with Gasteiger partial charge in [0.15, 0.2) is 0 Å². The van der Waals surface area contributed by atoms with Crippen LogP contribution in [0.4, 0.5) is 14.5 Å². The van der Waals surface area contributed by atoms with Gasteiger partial charge in [0.05, 0.1) is 11.3 Å². The molecule has 0 saturated heterocycles. The van der Waals surface area contributed by atoms with Crippen molar-refractivity contribution in [2.45, 2.75) is 12.7 Å². The standard InChI is InChI=1S/C20H15F2N3O/c21-14-5-3-13(4-6-14)12-25-19(24-16-9-7-15(22)8-10-16)18-17(20(25)26)2-1-11-23-18/h1-11,19,24H,12H2. The topological polar surface area (TPSA) is 45.2 Å². The number of fused-ring (bicyclic) bond motifs is 1. The van der Waals surface area contributed by atoms with Crippen LogP contribution in [-0.4, -0.2) is 15.8 Å². The van der Waals surface area contributed by atoms with Gasteiger partial charge in [-0.1, -0.05) is 12.1 Å². The number of nitrogens with one attached hydrogen (secondary N) is 1. The van der Waals surface area contributed by atoms with Gasteiger partial charge in [0.1, 0.15) is 17.8 Å². The highest BCUT2D eigenvalue weighted by Gasteiger charge is 2.37. The summed E-state index contributed by atoms with van der Waals surface area (Å²) in [6.07, 6.45) is 1.14. The first-order valence-electron chi connectivity index (χ1n) is 8.14. The summed E-state index contributed by atoms with van der Waals surface area (Å²) in [6, 6.07) is 15.4. The fourth-order valence-corrected chi connectivity index (χ4v) is 3.04. The predicted octanol–water partition coefficient (Wildman–Crippen LogP) is 4.13. The average molecular weight is 351 g/mol. The Balaban J connectivity index is 1.67.